The predicted octanol–water partition coefficient (Wildman–Crippen LogP) is 2.03. The van der Waals surface area contributed by atoms with Gasteiger partial charge in [-0.2, -0.15) is 0 Å². The van der Waals surface area contributed by atoms with Gasteiger partial charge in [0.1, 0.15) is 18.5 Å². The standard InChI is InChI=1S/C11H14O2/c1-2-9-3-5-10(6-4-9)12-7-11-8-13-11/h3-6,11H,2,7-8H2,1H3/t11-/m1/s1. The van der Waals surface area contributed by atoms with E-state index in [0.717, 1.165) is 18.8 Å². The van der Waals surface area contributed by atoms with Crippen molar-refractivity contribution in [2.45, 2.75) is 19.4 Å². The van der Waals surface area contributed by atoms with Gasteiger partial charge in [-0.25, -0.2) is 0 Å². The maximum atomic E-state index is 5.50. The number of benzene rings is 1. The maximum Gasteiger partial charge on any atom is 0.119 e. The first-order valence-corrected chi connectivity index (χ1v) is 4.72. The van der Waals surface area contributed by atoms with Crippen LogP contribution in [0.25, 0.3) is 0 Å². The predicted molar refractivity (Wildman–Crippen MR) is 51.1 cm³/mol. The highest BCUT2D eigenvalue weighted by atomic mass is 16.6. The van der Waals surface area contributed by atoms with Gasteiger partial charge in [0.05, 0.1) is 6.61 Å². The average molecular weight is 178 g/mol. The molecule has 1 heterocycles. The third-order valence-electron chi connectivity index (χ3n) is 2.17. The molecule has 0 aromatic heterocycles. The van der Waals surface area contributed by atoms with Crippen molar-refractivity contribution in [3.63, 3.8) is 0 Å². The van der Waals surface area contributed by atoms with E-state index in [1.165, 1.54) is 5.56 Å². The van der Waals surface area contributed by atoms with Crippen LogP contribution in [0.15, 0.2) is 24.3 Å². The topological polar surface area (TPSA) is 21.8 Å². The molecule has 1 saturated heterocycles. The van der Waals surface area contributed by atoms with Crippen molar-refractivity contribution in [3.8, 4) is 5.75 Å². The van der Waals surface area contributed by atoms with E-state index in [2.05, 4.69) is 19.1 Å². The molecule has 0 bridgehead atoms. The van der Waals surface area contributed by atoms with Crippen molar-refractivity contribution >= 4 is 0 Å². The molecule has 13 heavy (non-hydrogen) atoms. The summed E-state index contributed by atoms with van der Waals surface area (Å²) in [4.78, 5) is 0. The minimum absolute atomic E-state index is 0.339. The zero-order valence-electron chi connectivity index (χ0n) is 7.82. The zero-order chi connectivity index (χ0) is 9.10. The summed E-state index contributed by atoms with van der Waals surface area (Å²) in [6.45, 7) is 3.69. The molecule has 0 unspecified atom stereocenters. The van der Waals surface area contributed by atoms with E-state index < -0.39 is 0 Å². The molecule has 0 aliphatic carbocycles. The molecule has 1 aromatic rings. The fourth-order valence-electron chi connectivity index (χ4n) is 1.17. The van der Waals surface area contributed by atoms with Crippen LogP contribution in [0.4, 0.5) is 0 Å². The Morgan fingerprint density at radius 1 is 1.38 bits per heavy atom. The second kappa shape index (κ2) is 3.79. The van der Waals surface area contributed by atoms with Crippen molar-refractivity contribution in [1.29, 1.82) is 0 Å². The quantitative estimate of drug-likeness (QED) is 0.658. The van der Waals surface area contributed by atoms with E-state index in [9.17, 15) is 0 Å². The zero-order valence-corrected chi connectivity index (χ0v) is 7.82. The first kappa shape index (κ1) is 8.57. The molecule has 0 amide bonds. The summed E-state index contributed by atoms with van der Waals surface area (Å²) in [5.41, 5.74) is 1.34. The number of hydrogen-bond acceptors (Lipinski definition) is 2. The third-order valence-corrected chi connectivity index (χ3v) is 2.17. The molecule has 2 rings (SSSR count). The summed E-state index contributed by atoms with van der Waals surface area (Å²) in [5.74, 6) is 0.938. The van der Waals surface area contributed by atoms with Crippen molar-refractivity contribution in [2.24, 2.45) is 0 Å². The van der Waals surface area contributed by atoms with E-state index in [1.54, 1.807) is 0 Å². The molecule has 2 heteroatoms. The van der Waals surface area contributed by atoms with Crippen LogP contribution in [0.2, 0.25) is 0 Å². The van der Waals surface area contributed by atoms with E-state index in [4.69, 9.17) is 9.47 Å². The maximum absolute atomic E-state index is 5.50. The Balaban J connectivity index is 1.88. The van der Waals surface area contributed by atoms with Crippen LogP contribution in [0.5, 0.6) is 5.75 Å². The molecule has 1 aromatic carbocycles. The highest BCUT2D eigenvalue weighted by Gasteiger charge is 2.22. The van der Waals surface area contributed by atoms with Gasteiger partial charge in [0, 0.05) is 0 Å². The van der Waals surface area contributed by atoms with Crippen LogP contribution in [0.3, 0.4) is 0 Å². The number of rotatable bonds is 4. The van der Waals surface area contributed by atoms with Crippen molar-refractivity contribution < 1.29 is 9.47 Å². The molecule has 0 N–H and O–H groups in total. The second-order valence-electron chi connectivity index (χ2n) is 3.26. The molecule has 1 aliphatic heterocycles. The van der Waals surface area contributed by atoms with E-state index in [1.807, 2.05) is 12.1 Å². The van der Waals surface area contributed by atoms with E-state index in [-0.39, 0.29) is 0 Å². The average Bonchev–Trinajstić information content (AvgIpc) is 2.99. The van der Waals surface area contributed by atoms with E-state index in [0.29, 0.717) is 12.7 Å². The lowest BCUT2D eigenvalue weighted by Gasteiger charge is -2.04. The van der Waals surface area contributed by atoms with Crippen molar-refractivity contribution in [1.82, 2.24) is 0 Å². The Hall–Kier alpha value is -1.02. The van der Waals surface area contributed by atoms with Gasteiger partial charge >= 0.3 is 0 Å². The van der Waals surface area contributed by atoms with Gasteiger partial charge in [0.2, 0.25) is 0 Å². The van der Waals surface area contributed by atoms with Crippen LogP contribution in [0.1, 0.15) is 12.5 Å². The van der Waals surface area contributed by atoms with Crippen LogP contribution in [-0.4, -0.2) is 19.3 Å². The number of hydrogen-bond donors (Lipinski definition) is 0. The van der Waals surface area contributed by atoms with E-state index >= 15 is 0 Å². The molecule has 0 radical (unpaired) electrons. The minimum atomic E-state index is 0.339. The lowest BCUT2D eigenvalue weighted by atomic mass is 10.2. The fourth-order valence-corrected chi connectivity index (χ4v) is 1.17. The first-order valence-electron chi connectivity index (χ1n) is 4.72. The number of aryl methyl sites for hydroxylation is 1. The summed E-state index contributed by atoms with van der Waals surface area (Å²) in [6, 6.07) is 8.23. The molecule has 1 fully saturated rings. The smallest absolute Gasteiger partial charge is 0.119 e. The first-order chi connectivity index (χ1) is 6.38. The van der Waals surface area contributed by atoms with Crippen LogP contribution < -0.4 is 4.74 Å². The lowest BCUT2D eigenvalue weighted by molar-refractivity contribution is 0.263. The van der Waals surface area contributed by atoms with Crippen LogP contribution >= 0.6 is 0 Å². The Morgan fingerprint density at radius 3 is 2.62 bits per heavy atom. The van der Waals surface area contributed by atoms with Gasteiger partial charge in [-0.3, -0.25) is 0 Å². The summed E-state index contributed by atoms with van der Waals surface area (Å²) >= 11 is 0. The monoisotopic (exact) mass is 178 g/mol. The SMILES string of the molecule is CCc1ccc(OC[C@@H]2CO2)cc1. The second-order valence-corrected chi connectivity index (χ2v) is 3.26. The Morgan fingerprint density at radius 2 is 2.08 bits per heavy atom. The van der Waals surface area contributed by atoms with Gasteiger partial charge in [0.25, 0.3) is 0 Å². The largest absolute Gasteiger partial charge is 0.491 e. The highest BCUT2D eigenvalue weighted by Crippen LogP contribution is 2.15. The summed E-state index contributed by atoms with van der Waals surface area (Å²) in [5, 5.41) is 0. The normalized spacial score (nSPS) is 19.9. The molecule has 0 spiro atoms. The molecule has 70 valence electrons. The lowest BCUT2D eigenvalue weighted by Crippen LogP contribution is -2.03. The molecule has 1 aliphatic rings. The fraction of sp³-hybridized carbons (Fsp3) is 0.455. The van der Waals surface area contributed by atoms with Gasteiger partial charge < -0.3 is 9.47 Å². The van der Waals surface area contributed by atoms with Gasteiger partial charge in [0.15, 0.2) is 0 Å². The minimum Gasteiger partial charge on any atom is -0.491 e. The molecule has 0 saturated carbocycles. The Bertz CT molecular complexity index is 262. The molecule has 2 nitrogen and oxygen atoms in total. The van der Waals surface area contributed by atoms with Crippen LogP contribution in [-0.2, 0) is 11.2 Å². The molecular weight excluding hydrogens is 164 g/mol. The number of ether oxygens (including phenoxy) is 2. The summed E-state index contributed by atoms with van der Waals surface area (Å²) in [6.07, 6.45) is 1.41. The third kappa shape index (κ3) is 2.46. The Labute approximate surface area is 78.5 Å². The van der Waals surface area contributed by atoms with Crippen LogP contribution in [0, 0.1) is 0 Å². The van der Waals surface area contributed by atoms with Crippen molar-refractivity contribution in [2.75, 3.05) is 13.2 Å². The number of epoxide rings is 1. The Kier molecular flexibility index (Phi) is 2.50. The summed E-state index contributed by atoms with van der Waals surface area (Å²) in [7, 11) is 0. The van der Waals surface area contributed by atoms with Crippen molar-refractivity contribution in [3.05, 3.63) is 29.8 Å². The molecular formula is C11H14O2. The highest BCUT2D eigenvalue weighted by molar-refractivity contribution is 5.27. The van der Waals surface area contributed by atoms with Gasteiger partial charge in [-0.05, 0) is 24.1 Å². The van der Waals surface area contributed by atoms with Gasteiger partial charge in [-0.1, -0.05) is 19.1 Å². The van der Waals surface area contributed by atoms with Gasteiger partial charge in [-0.15, -0.1) is 0 Å². The summed E-state index contributed by atoms with van der Waals surface area (Å²) < 4.78 is 10.6. The molecule has 1 atom stereocenters.